The third kappa shape index (κ3) is 1.16. The molecule has 2 aromatic heterocycles. The van der Waals surface area contributed by atoms with Gasteiger partial charge in [0.1, 0.15) is 0 Å². The first-order valence-electron chi connectivity index (χ1n) is 4.78. The van der Waals surface area contributed by atoms with Gasteiger partial charge in [-0.15, -0.1) is 11.3 Å². The molecule has 0 aliphatic heterocycles. The van der Waals surface area contributed by atoms with Gasteiger partial charge >= 0.3 is 0 Å². The van der Waals surface area contributed by atoms with Crippen molar-refractivity contribution < 1.29 is 4.79 Å². The van der Waals surface area contributed by atoms with Gasteiger partial charge in [0.05, 0.1) is 17.5 Å². The van der Waals surface area contributed by atoms with Crippen LogP contribution in [-0.2, 0) is 0 Å². The van der Waals surface area contributed by atoms with Crippen molar-refractivity contribution >= 4 is 17.1 Å². The second-order valence-electron chi connectivity index (χ2n) is 3.70. The number of carbonyl (C=O) groups excluding carboxylic acids is 1. The fraction of sp³-hybridized carbons (Fsp3) is 0.300. The van der Waals surface area contributed by atoms with Crippen molar-refractivity contribution in [1.82, 2.24) is 14.8 Å². The number of rotatable bonds is 1. The maximum absolute atomic E-state index is 11.6. The number of ketones is 1. The molecule has 3 rings (SSSR count). The Morgan fingerprint density at radius 2 is 2.47 bits per heavy atom. The largest absolute Gasteiger partial charge is 0.294 e. The lowest BCUT2D eigenvalue weighted by atomic mass is 10.1. The van der Waals surface area contributed by atoms with Gasteiger partial charge < -0.3 is 0 Å². The lowest BCUT2D eigenvalue weighted by Gasteiger charge is -2.05. The van der Waals surface area contributed by atoms with Crippen molar-refractivity contribution in [2.24, 2.45) is 0 Å². The number of hydrogen-bond donors (Lipinski definition) is 0. The molecule has 76 valence electrons. The third-order valence-electron chi connectivity index (χ3n) is 2.67. The lowest BCUT2D eigenvalue weighted by Crippen LogP contribution is -2.02. The average Bonchev–Trinajstić information content (AvgIpc) is 2.88. The van der Waals surface area contributed by atoms with E-state index in [0.29, 0.717) is 6.42 Å². The van der Waals surface area contributed by atoms with Crippen LogP contribution in [0.5, 0.6) is 0 Å². The Bertz CT molecular complexity index is 515. The molecular formula is C10H9N3OS. The summed E-state index contributed by atoms with van der Waals surface area (Å²) in [5, 5.41) is 6.96. The maximum atomic E-state index is 11.6. The van der Waals surface area contributed by atoms with E-state index >= 15 is 0 Å². The minimum Gasteiger partial charge on any atom is -0.294 e. The summed E-state index contributed by atoms with van der Waals surface area (Å²) in [6, 6.07) is 0. The first-order chi connectivity index (χ1) is 7.27. The number of nitrogens with zero attached hydrogens (tertiary/aromatic N) is 3. The number of carbonyl (C=O) groups is 1. The van der Waals surface area contributed by atoms with E-state index in [1.165, 1.54) is 11.3 Å². The molecule has 0 radical (unpaired) electrons. The molecule has 4 nitrogen and oxygen atoms in total. The van der Waals surface area contributed by atoms with Gasteiger partial charge in [-0.1, -0.05) is 6.92 Å². The number of thiazole rings is 1. The molecule has 0 saturated heterocycles. The molecule has 0 N–H and O–H groups in total. The van der Waals surface area contributed by atoms with Crippen LogP contribution in [-0.4, -0.2) is 20.5 Å². The minimum atomic E-state index is 0.195. The van der Waals surface area contributed by atoms with Crippen molar-refractivity contribution in [2.75, 3.05) is 0 Å². The van der Waals surface area contributed by atoms with E-state index in [9.17, 15) is 4.79 Å². The summed E-state index contributed by atoms with van der Waals surface area (Å²) in [4.78, 5) is 15.8. The van der Waals surface area contributed by atoms with Gasteiger partial charge in [0.15, 0.2) is 5.78 Å². The second-order valence-corrected chi connectivity index (χ2v) is 4.57. The van der Waals surface area contributed by atoms with E-state index in [0.717, 1.165) is 16.4 Å². The standard InChI is InChI=1S/C10H9N3OS/c1-6-4-8(14)7-5-12-13(9(6)7)10-11-2-3-15-10/h2-3,5-6H,4H2,1H3. The molecule has 0 bridgehead atoms. The van der Waals surface area contributed by atoms with E-state index in [4.69, 9.17) is 0 Å². The molecule has 0 aromatic carbocycles. The second kappa shape index (κ2) is 3.00. The Hall–Kier alpha value is -1.49. The third-order valence-corrected chi connectivity index (χ3v) is 3.41. The van der Waals surface area contributed by atoms with E-state index in [1.54, 1.807) is 17.1 Å². The summed E-state index contributed by atoms with van der Waals surface area (Å²) < 4.78 is 1.79. The first-order valence-corrected chi connectivity index (χ1v) is 5.66. The summed E-state index contributed by atoms with van der Waals surface area (Å²) >= 11 is 1.53. The summed E-state index contributed by atoms with van der Waals surface area (Å²) in [5.41, 5.74) is 1.77. The summed E-state index contributed by atoms with van der Waals surface area (Å²) in [7, 11) is 0. The van der Waals surface area contributed by atoms with Crippen molar-refractivity contribution in [3.8, 4) is 5.13 Å². The highest BCUT2D eigenvalue weighted by atomic mass is 32.1. The molecule has 0 saturated carbocycles. The van der Waals surface area contributed by atoms with Crippen LogP contribution < -0.4 is 0 Å². The highest BCUT2D eigenvalue weighted by molar-refractivity contribution is 7.12. The van der Waals surface area contributed by atoms with Crippen LogP contribution in [0.15, 0.2) is 17.8 Å². The van der Waals surface area contributed by atoms with Crippen LogP contribution in [0.2, 0.25) is 0 Å². The molecule has 15 heavy (non-hydrogen) atoms. The lowest BCUT2D eigenvalue weighted by molar-refractivity contribution is 0.0990. The number of hydrogen-bond acceptors (Lipinski definition) is 4. The molecule has 0 amide bonds. The molecule has 0 fully saturated rings. The number of Topliss-reactive ketones (excluding diaryl/α,β-unsaturated/α-hetero) is 1. The molecular weight excluding hydrogens is 210 g/mol. The van der Waals surface area contributed by atoms with Gasteiger partial charge in [-0.25, -0.2) is 9.67 Å². The molecule has 1 unspecified atom stereocenters. The van der Waals surface area contributed by atoms with E-state index in [2.05, 4.69) is 17.0 Å². The maximum Gasteiger partial charge on any atom is 0.210 e. The normalized spacial score (nSPS) is 19.5. The number of aromatic nitrogens is 3. The van der Waals surface area contributed by atoms with Crippen molar-refractivity contribution in [3.63, 3.8) is 0 Å². The molecule has 5 heteroatoms. The average molecular weight is 219 g/mol. The predicted octanol–water partition coefficient (Wildman–Crippen LogP) is 2.02. The van der Waals surface area contributed by atoms with Gasteiger partial charge in [0.25, 0.3) is 0 Å². The Labute approximate surface area is 90.6 Å². The highest BCUT2D eigenvalue weighted by Crippen LogP contribution is 2.34. The van der Waals surface area contributed by atoms with Crippen molar-refractivity contribution in [1.29, 1.82) is 0 Å². The monoisotopic (exact) mass is 219 g/mol. The molecule has 1 atom stereocenters. The van der Waals surface area contributed by atoms with Crippen LogP contribution >= 0.6 is 11.3 Å². The van der Waals surface area contributed by atoms with Crippen LogP contribution in [0.3, 0.4) is 0 Å². The Morgan fingerprint density at radius 3 is 3.20 bits per heavy atom. The quantitative estimate of drug-likeness (QED) is 0.737. The first kappa shape index (κ1) is 8.79. The topological polar surface area (TPSA) is 47.8 Å². The van der Waals surface area contributed by atoms with Crippen LogP contribution in [0, 0.1) is 0 Å². The molecule has 0 spiro atoms. The zero-order valence-corrected chi connectivity index (χ0v) is 8.99. The Balaban J connectivity index is 2.20. The number of fused-ring (bicyclic) bond motifs is 1. The summed E-state index contributed by atoms with van der Waals surface area (Å²) in [5.74, 6) is 0.444. The van der Waals surface area contributed by atoms with Gasteiger partial charge in [-0.05, 0) is 0 Å². The van der Waals surface area contributed by atoms with Gasteiger partial charge in [-0.3, -0.25) is 4.79 Å². The zero-order valence-electron chi connectivity index (χ0n) is 8.17. The highest BCUT2D eigenvalue weighted by Gasteiger charge is 2.31. The van der Waals surface area contributed by atoms with E-state index in [-0.39, 0.29) is 11.7 Å². The van der Waals surface area contributed by atoms with E-state index < -0.39 is 0 Å². The van der Waals surface area contributed by atoms with E-state index in [1.807, 2.05) is 5.38 Å². The van der Waals surface area contributed by atoms with Crippen molar-refractivity contribution in [2.45, 2.75) is 19.3 Å². The van der Waals surface area contributed by atoms with Gasteiger partial charge in [-0.2, -0.15) is 5.10 Å². The minimum absolute atomic E-state index is 0.195. The summed E-state index contributed by atoms with van der Waals surface area (Å²) in [6.07, 6.45) is 4.00. The van der Waals surface area contributed by atoms with Gasteiger partial charge in [0, 0.05) is 23.9 Å². The Morgan fingerprint density at radius 1 is 1.60 bits per heavy atom. The van der Waals surface area contributed by atoms with Crippen LogP contribution in [0.4, 0.5) is 0 Å². The molecule has 1 aliphatic rings. The smallest absolute Gasteiger partial charge is 0.210 e. The van der Waals surface area contributed by atoms with Crippen molar-refractivity contribution in [3.05, 3.63) is 29.0 Å². The fourth-order valence-corrected chi connectivity index (χ4v) is 2.62. The van der Waals surface area contributed by atoms with Crippen LogP contribution in [0.25, 0.3) is 5.13 Å². The predicted molar refractivity (Wildman–Crippen MR) is 56.6 cm³/mol. The van der Waals surface area contributed by atoms with Gasteiger partial charge in [0.2, 0.25) is 5.13 Å². The van der Waals surface area contributed by atoms with Crippen LogP contribution in [0.1, 0.15) is 35.3 Å². The fourth-order valence-electron chi connectivity index (χ4n) is 2.00. The molecule has 1 aliphatic carbocycles. The summed E-state index contributed by atoms with van der Waals surface area (Å²) in [6.45, 7) is 2.05. The molecule has 2 aromatic rings. The molecule has 2 heterocycles. The Kier molecular flexibility index (Phi) is 1.76. The SMILES string of the molecule is CC1CC(=O)c2cnn(-c3nccs3)c21. The zero-order chi connectivity index (χ0) is 10.4.